The highest BCUT2D eigenvalue weighted by atomic mass is 79.9. The Morgan fingerprint density at radius 3 is 2.34 bits per heavy atom. The predicted molar refractivity (Wildman–Crippen MR) is 157 cm³/mol. The third-order valence-corrected chi connectivity index (χ3v) is 6.27. The maximum atomic E-state index is 12.9. The molecule has 0 radical (unpaired) electrons. The summed E-state index contributed by atoms with van der Waals surface area (Å²) in [4.78, 5) is 25.4. The zero-order chi connectivity index (χ0) is 27.2. The SMILES string of the molecule is CCCCCCOc1ccc(C(=O)NNC(=S)NC(=O)c2cc(Br)ccc2OCCc2ccccc2)cc1. The molecule has 0 aliphatic heterocycles. The number of benzene rings is 3. The molecule has 0 fully saturated rings. The second-order valence-electron chi connectivity index (χ2n) is 8.52. The summed E-state index contributed by atoms with van der Waals surface area (Å²) in [6, 6.07) is 22.0. The van der Waals surface area contributed by atoms with Crippen LogP contribution in [-0.2, 0) is 6.42 Å². The molecule has 0 spiro atoms. The van der Waals surface area contributed by atoms with Gasteiger partial charge in [0.2, 0.25) is 0 Å². The minimum atomic E-state index is -0.465. The van der Waals surface area contributed by atoms with Crippen LogP contribution in [0.2, 0.25) is 0 Å². The number of amides is 2. The number of carbonyl (C=O) groups is 2. The van der Waals surface area contributed by atoms with Crippen molar-refractivity contribution in [3.63, 3.8) is 0 Å². The van der Waals surface area contributed by atoms with E-state index in [-0.39, 0.29) is 5.11 Å². The van der Waals surface area contributed by atoms with Gasteiger partial charge in [0, 0.05) is 16.5 Å². The van der Waals surface area contributed by atoms with Crippen molar-refractivity contribution >= 4 is 45.1 Å². The van der Waals surface area contributed by atoms with Gasteiger partial charge < -0.3 is 9.47 Å². The molecule has 9 heteroatoms. The molecule has 3 aromatic rings. The standard InChI is InChI=1S/C29H32BrN3O4S/c1-2-3-4-8-18-36-24-14-11-22(12-15-24)27(34)32-33-29(38)31-28(35)25-20-23(30)13-16-26(25)37-19-17-21-9-6-5-7-10-21/h5-7,9-16,20H,2-4,8,17-19H2,1H3,(H,32,34)(H2,31,33,35,38). The number of ether oxygens (including phenoxy) is 2. The Kier molecular flexibility index (Phi) is 12.1. The molecule has 3 rings (SSSR count). The predicted octanol–water partition coefficient (Wildman–Crippen LogP) is 5.98. The molecule has 0 bridgehead atoms. The molecule has 0 atom stereocenters. The number of nitrogens with one attached hydrogen (secondary N) is 3. The van der Waals surface area contributed by atoms with E-state index in [0.29, 0.717) is 42.3 Å². The number of thiocarbonyl (C=S) groups is 1. The van der Waals surface area contributed by atoms with Crippen molar-refractivity contribution in [3.8, 4) is 11.5 Å². The Balaban J connectivity index is 1.46. The van der Waals surface area contributed by atoms with E-state index in [1.807, 2.05) is 30.3 Å². The van der Waals surface area contributed by atoms with Crippen LogP contribution in [0.4, 0.5) is 0 Å². The molecule has 0 aliphatic carbocycles. The summed E-state index contributed by atoms with van der Waals surface area (Å²) in [6.45, 7) is 3.23. The Hall–Kier alpha value is -3.43. The molecule has 0 saturated carbocycles. The van der Waals surface area contributed by atoms with Gasteiger partial charge in [-0.25, -0.2) is 0 Å². The number of halogens is 1. The summed E-state index contributed by atoms with van der Waals surface area (Å²) in [5.41, 5.74) is 6.93. The zero-order valence-electron chi connectivity index (χ0n) is 21.3. The molecule has 200 valence electrons. The van der Waals surface area contributed by atoms with Crippen molar-refractivity contribution in [2.45, 2.75) is 39.0 Å². The average Bonchev–Trinajstić information content (AvgIpc) is 2.93. The fraction of sp³-hybridized carbons (Fsp3) is 0.276. The first-order valence-electron chi connectivity index (χ1n) is 12.6. The lowest BCUT2D eigenvalue weighted by Crippen LogP contribution is -2.48. The van der Waals surface area contributed by atoms with Crippen LogP contribution in [0.1, 0.15) is 58.9 Å². The van der Waals surface area contributed by atoms with Gasteiger partial charge >= 0.3 is 0 Å². The summed E-state index contributed by atoms with van der Waals surface area (Å²) >= 11 is 8.58. The third kappa shape index (κ3) is 9.79. The first-order chi connectivity index (χ1) is 18.5. The van der Waals surface area contributed by atoms with Crippen LogP contribution in [0.3, 0.4) is 0 Å². The number of rotatable bonds is 12. The van der Waals surface area contributed by atoms with Gasteiger partial charge in [0.25, 0.3) is 11.8 Å². The summed E-state index contributed by atoms with van der Waals surface area (Å²) in [5, 5.41) is 2.52. The minimum absolute atomic E-state index is 0.0504. The van der Waals surface area contributed by atoms with Crippen molar-refractivity contribution in [1.82, 2.24) is 16.2 Å². The number of carbonyl (C=O) groups excluding carboxylic acids is 2. The van der Waals surface area contributed by atoms with E-state index < -0.39 is 11.8 Å². The fourth-order valence-corrected chi connectivity index (χ4v) is 4.04. The molecule has 0 heterocycles. The van der Waals surface area contributed by atoms with Crippen LogP contribution in [0.25, 0.3) is 0 Å². The van der Waals surface area contributed by atoms with Crippen LogP contribution < -0.4 is 25.6 Å². The monoisotopic (exact) mass is 597 g/mol. The van der Waals surface area contributed by atoms with E-state index in [1.54, 1.807) is 42.5 Å². The van der Waals surface area contributed by atoms with Crippen LogP contribution >= 0.6 is 28.1 Å². The zero-order valence-corrected chi connectivity index (χ0v) is 23.7. The molecule has 0 aliphatic rings. The highest BCUT2D eigenvalue weighted by molar-refractivity contribution is 9.10. The maximum Gasteiger partial charge on any atom is 0.269 e. The first kappa shape index (κ1) is 29.1. The summed E-state index contributed by atoms with van der Waals surface area (Å²) in [6.07, 6.45) is 5.23. The van der Waals surface area contributed by atoms with Crippen LogP contribution in [-0.4, -0.2) is 30.1 Å². The summed E-state index contributed by atoms with van der Waals surface area (Å²) in [7, 11) is 0. The van der Waals surface area contributed by atoms with Gasteiger partial charge in [-0.2, -0.15) is 0 Å². The van der Waals surface area contributed by atoms with E-state index in [9.17, 15) is 9.59 Å². The van der Waals surface area contributed by atoms with Gasteiger partial charge in [0.05, 0.1) is 18.8 Å². The molecule has 2 amide bonds. The van der Waals surface area contributed by atoms with E-state index >= 15 is 0 Å². The normalized spacial score (nSPS) is 10.4. The second kappa shape index (κ2) is 15.7. The highest BCUT2D eigenvalue weighted by Crippen LogP contribution is 2.23. The molecule has 38 heavy (non-hydrogen) atoms. The molecule has 0 saturated heterocycles. The molecule has 0 aromatic heterocycles. The molecule has 7 nitrogen and oxygen atoms in total. The van der Waals surface area contributed by atoms with Crippen molar-refractivity contribution < 1.29 is 19.1 Å². The fourth-order valence-electron chi connectivity index (χ4n) is 3.54. The molecule has 0 unspecified atom stereocenters. The van der Waals surface area contributed by atoms with Crippen molar-refractivity contribution in [2.75, 3.05) is 13.2 Å². The minimum Gasteiger partial charge on any atom is -0.494 e. The van der Waals surface area contributed by atoms with Crippen molar-refractivity contribution in [1.29, 1.82) is 0 Å². The summed E-state index contributed by atoms with van der Waals surface area (Å²) < 4.78 is 12.3. The number of unbranched alkanes of at least 4 members (excludes halogenated alkanes) is 3. The Morgan fingerprint density at radius 1 is 0.842 bits per heavy atom. The smallest absolute Gasteiger partial charge is 0.269 e. The third-order valence-electron chi connectivity index (χ3n) is 5.58. The van der Waals surface area contributed by atoms with Crippen LogP contribution in [0.5, 0.6) is 11.5 Å². The van der Waals surface area contributed by atoms with Crippen molar-refractivity contribution in [2.24, 2.45) is 0 Å². The number of hydrogen-bond acceptors (Lipinski definition) is 5. The van der Waals surface area contributed by atoms with E-state index in [1.165, 1.54) is 12.8 Å². The number of hydrogen-bond donors (Lipinski definition) is 3. The summed E-state index contributed by atoms with van der Waals surface area (Å²) in [5.74, 6) is 0.280. The highest BCUT2D eigenvalue weighted by Gasteiger charge is 2.15. The Morgan fingerprint density at radius 2 is 1.61 bits per heavy atom. The number of hydrazine groups is 1. The van der Waals surface area contributed by atoms with E-state index in [2.05, 4.69) is 39.0 Å². The topological polar surface area (TPSA) is 88.7 Å². The quantitative estimate of drug-likeness (QED) is 0.135. The molecular weight excluding hydrogens is 566 g/mol. The van der Waals surface area contributed by atoms with Gasteiger partial charge in [-0.15, -0.1) is 0 Å². The molecule has 3 aromatic carbocycles. The van der Waals surface area contributed by atoms with E-state index in [4.69, 9.17) is 21.7 Å². The van der Waals surface area contributed by atoms with Gasteiger partial charge in [0.15, 0.2) is 5.11 Å². The van der Waals surface area contributed by atoms with Gasteiger partial charge in [-0.05, 0) is 66.7 Å². The van der Waals surface area contributed by atoms with Gasteiger partial charge in [-0.1, -0.05) is 72.4 Å². The Bertz CT molecular complexity index is 1210. The van der Waals surface area contributed by atoms with Gasteiger partial charge in [0.1, 0.15) is 11.5 Å². The van der Waals surface area contributed by atoms with E-state index in [0.717, 1.165) is 22.9 Å². The van der Waals surface area contributed by atoms with Gasteiger partial charge in [-0.3, -0.25) is 25.8 Å². The lowest BCUT2D eigenvalue weighted by molar-refractivity contribution is 0.0933. The van der Waals surface area contributed by atoms with Crippen LogP contribution in [0, 0.1) is 0 Å². The molecule has 3 N–H and O–H groups in total. The largest absolute Gasteiger partial charge is 0.494 e. The van der Waals surface area contributed by atoms with Crippen LogP contribution in [0.15, 0.2) is 77.3 Å². The lowest BCUT2D eigenvalue weighted by atomic mass is 10.1. The second-order valence-corrected chi connectivity index (χ2v) is 9.84. The van der Waals surface area contributed by atoms with Crippen molar-refractivity contribution in [3.05, 3.63) is 94.0 Å². The lowest BCUT2D eigenvalue weighted by Gasteiger charge is -2.14. The maximum absolute atomic E-state index is 12.9. The first-order valence-corrected chi connectivity index (χ1v) is 13.8. The average molecular weight is 599 g/mol. The Labute approximate surface area is 237 Å². The molecular formula is C29H32BrN3O4S.